The van der Waals surface area contributed by atoms with Crippen LogP contribution in [-0.4, -0.2) is 69.2 Å². The van der Waals surface area contributed by atoms with E-state index in [0.29, 0.717) is 24.0 Å². The largest absolute Gasteiger partial charge is 0.506 e. The summed E-state index contributed by atoms with van der Waals surface area (Å²) in [4.78, 5) is 26.7. The third-order valence-corrected chi connectivity index (χ3v) is 5.19. The first kappa shape index (κ1) is 24.9. The van der Waals surface area contributed by atoms with E-state index in [0.717, 1.165) is 18.5 Å². The molecule has 3 N–H and O–H groups in total. The average molecular weight is 459 g/mol. The Kier molecular flexibility index (Phi) is 7.00. The molecule has 0 radical (unpaired) electrons. The van der Waals surface area contributed by atoms with Crippen molar-refractivity contribution in [2.45, 2.75) is 71.6 Å². The summed E-state index contributed by atoms with van der Waals surface area (Å²) in [6, 6.07) is 7.21. The summed E-state index contributed by atoms with van der Waals surface area (Å²) < 4.78 is 12.1. The number of rotatable bonds is 3. The van der Waals surface area contributed by atoms with Gasteiger partial charge in [-0.3, -0.25) is 4.57 Å². The number of fused-ring (bicyclic) bond motifs is 1. The molecule has 0 unspecified atom stereocenters. The van der Waals surface area contributed by atoms with Crippen molar-refractivity contribution in [3.63, 3.8) is 0 Å². The van der Waals surface area contributed by atoms with E-state index in [1.54, 1.807) is 37.8 Å². The fourth-order valence-electron chi connectivity index (χ4n) is 3.80. The average Bonchev–Trinajstić information content (AvgIpc) is 3.05. The number of hydrogen-bond donors (Lipinski definition) is 3. The Morgan fingerprint density at radius 2 is 1.55 bits per heavy atom. The molecule has 0 spiro atoms. The Morgan fingerprint density at radius 3 is 2.09 bits per heavy atom. The van der Waals surface area contributed by atoms with E-state index in [2.05, 4.69) is 5.32 Å². The van der Waals surface area contributed by atoms with Gasteiger partial charge in [-0.25, -0.2) is 9.59 Å². The predicted octanol–water partition coefficient (Wildman–Crippen LogP) is 2.92. The van der Waals surface area contributed by atoms with Crippen molar-refractivity contribution < 1.29 is 29.1 Å². The molecule has 1 fully saturated rings. The van der Waals surface area contributed by atoms with Crippen LogP contribution in [-0.2, 0) is 9.47 Å². The molecule has 2 aromatic rings. The standard InChI is InChI=1S/C23H34BN3O6/c1-22(2,3)32-20(28)26-11-9-16(10-12-26)25-17-7-8-18-15(13-17)14-19(24(30)31)27(18)21(29)33-23(4,5)6/h7-8,13-14,16,25,30-31H,9-12H2,1-6H3. The molecule has 1 aromatic carbocycles. The Hall–Kier alpha value is -2.72. The van der Waals surface area contributed by atoms with Gasteiger partial charge in [-0.1, -0.05) is 0 Å². The summed E-state index contributed by atoms with van der Waals surface area (Å²) in [5.41, 5.74) is 0.178. The van der Waals surface area contributed by atoms with E-state index < -0.39 is 24.4 Å². The Bertz CT molecular complexity index is 1010. The lowest BCUT2D eigenvalue weighted by molar-refractivity contribution is 0.0210. The molecule has 1 amide bonds. The summed E-state index contributed by atoms with van der Waals surface area (Å²) in [5.74, 6) is 0. The van der Waals surface area contributed by atoms with Crippen molar-refractivity contribution in [2.24, 2.45) is 0 Å². The second-order valence-corrected chi connectivity index (χ2v) is 10.4. The molecule has 3 rings (SSSR count). The maximum atomic E-state index is 12.7. The molecule has 10 heteroatoms. The van der Waals surface area contributed by atoms with Crippen molar-refractivity contribution in [1.82, 2.24) is 9.47 Å². The van der Waals surface area contributed by atoms with Gasteiger partial charge in [-0.2, -0.15) is 0 Å². The summed E-state index contributed by atoms with van der Waals surface area (Å²) in [7, 11) is -1.82. The van der Waals surface area contributed by atoms with Crippen LogP contribution < -0.4 is 10.9 Å². The maximum Gasteiger partial charge on any atom is 0.506 e. The van der Waals surface area contributed by atoms with E-state index in [-0.39, 0.29) is 17.7 Å². The van der Waals surface area contributed by atoms with E-state index in [1.165, 1.54) is 4.57 Å². The highest BCUT2D eigenvalue weighted by Gasteiger charge is 2.29. The van der Waals surface area contributed by atoms with Crippen molar-refractivity contribution >= 4 is 41.5 Å². The Balaban J connectivity index is 1.72. The van der Waals surface area contributed by atoms with Gasteiger partial charge in [0.25, 0.3) is 0 Å². The Morgan fingerprint density at radius 1 is 0.970 bits per heavy atom. The second-order valence-electron chi connectivity index (χ2n) is 10.4. The quantitative estimate of drug-likeness (QED) is 0.605. The van der Waals surface area contributed by atoms with Gasteiger partial charge < -0.3 is 29.7 Å². The molecule has 1 aromatic heterocycles. The SMILES string of the molecule is CC(C)(C)OC(=O)N1CCC(Nc2ccc3c(c2)cc(B(O)O)n3C(=O)OC(C)(C)C)CC1. The predicted molar refractivity (Wildman–Crippen MR) is 128 cm³/mol. The number of amides is 1. The number of benzene rings is 1. The zero-order chi connectivity index (χ0) is 24.6. The highest BCUT2D eigenvalue weighted by atomic mass is 16.6. The lowest BCUT2D eigenvalue weighted by Gasteiger charge is -2.34. The van der Waals surface area contributed by atoms with Gasteiger partial charge in [-0.05, 0) is 78.6 Å². The van der Waals surface area contributed by atoms with Gasteiger partial charge in [-0.15, -0.1) is 0 Å². The molecule has 0 aliphatic carbocycles. The van der Waals surface area contributed by atoms with Crippen LogP contribution in [0.2, 0.25) is 0 Å². The first-order valence-electron chi connectivity index (χ1n) is 11.2. The van der Waals surface area contributed by atoms with Gasteiger partial charge in [0.05, 0.1) is 11.1 Å². The monoisotopic (exact) mass is 459 g/mol. The number of carbonyl (C=O) groups excluding carboxylic acids is 2. The number of aromatic nitrogens is 1. The van der Waals surface area contributed by atoms with E-state index in [9.17, 15) is 19.6 Å². The van der Waals surface area contributed by atoms with Crippen LogP contribution in [0.25, 0.3) is 10.9 Å². The molecule has 0 atom stereocenters. The fourth-order valence-corrected chi connectivity index (χ4v) is 3.80. The van der Waals surface area contributed by atoms with Crippen LogP contribution in [0.5, 0.6) is 0 Å². The molecule has 33 heavy (non-hydrogen) atoms. The van der Waals surface area contributed by atoms with Gasteiger partial charge in [0.1, 0.15) is 11.2 Å². The van der Waals surface area contributed by atoms with Crippen LogP contribution in [0.15, 0.2) is 24.3 Å². The van der Waals surface area contributed by atoms with Gasteiger partial charge in [0.15, 0.2) is 0 Å². The highest BCUT2D eigenvalue weighted by Crippen LogP contribution is 2.24. The minimum atomic E-state index is -1.82. The molecule has 0 saturated carbocycles. The Labute approximate surface area is 194 Å². The zero-order valence-corrected chi connectivity index (χ0v) is 20.2. The number of hydrogen-bond acceptors (Lipinski definition) is 7. The van der Waals surface area contributed by atoms with Crippen molar-refractivity contribution in [3.8, 4) is 0 Å². The van der Waals surface area contributed by atoms with Gasteiger partial charge >= 0.3 is 19.3 Å². The van der Waals surface area contributed by atoms with Gasteiger partial charge in [0, 0.05) is 30.2 Å². The van der Waals surface area contributed by atoms with Gasteiger partial charge in [0.2, 0.25) is 0 Å². The lowest BCUT2D eigenvalue weighted by Crippen LogP contribution is -2.44. The van der Waals surface area contributed by atoms with E-state index >= 15 is 0 Å². The van der Waals surface area contributed by atoms with Crippen LogP contribution >= 0.6 is 0 Å². The lowest BCUT2D eigenvalue weighted by atomic mass is 9.86. The topological polar surface area (TPSA) is 113 Å². The van der Waals surface area contributed by atoms with Crippen LogP contribution in [0, 0.1) is 0 Å². The fraction of sp³-hybridized carbons (Fsp3) is 0.565. The van der Waals surface area contributed by atoms with Crippen LogP contribution in [0.4, 0.5) is 15.3 Å². The van der Waals surface area contributed by atoms with Crippen molar-refractivity contribution in [3.05, 3.63) is 24.3 Å². The zero-order valence-electron chi connectivity index (χ0n) is 20.2. The van der Waals surface area contributed by atoms with E-state index in [1.807, 2.05) is 32.9 Å². The smallest absolute Gasteiger partial charge is 0.444 e. The normalized spacial score (nSPS) is 15.5. The molecule has 9 nitrogen and oxygen atoms in total. The third kappa shape index (κ3) is 6.42. The molecular weight excluding hydrogens is 425 g/mol. The number of nitrogens with zero attached hydrogens (tertiary/aromatic N) is 2. The first-order valence-corrected chi connectivity index (χ1v) is 11.2. The number of anilines is 1. The number of piperidine rings is 1. The number of carbonyl (C=O) groups is 2. The third-order valence-electron chi connectivity index (χ3n) is 5.19. The highest BCUT2D eigenvalue weighted by molar-refractivity contribution is 6.59. The van der Waals surface area contributed by atoms with E-state index in [4.69, 9.17) is 9.47 Å². The molecule has 2 heterocycles. The van der Waals surface area contributed by atoms with Crippen molar-refractivity contribution in [2.75, 3.05) is 18.4 Å². The molecule has 1 aliphatic heterocycles. The number of likely N-dealkylation sites (tertiary alicyclic amines) is 1. The van der Waals surface area contributed by atoms with Crippen LogP contribution in [0.1, 0.15) is 54.4 Å². The molecule has 1 saturated heterocycles. The summed E-state index contributed by atoms with van der Waals surface area (Å²) in [5, 5.41) is 23.7. The number of ether oxygens (including phenoxy) is 2. The van der Waals surface area contributed by atoms with Crippen LogP contribution in [0.3, 0.4) is 0 Å². The summed E-state index contributed by atoms with van der Waals surface area (Å²) in [6.07, 6.45) is 0.588. The summed E-state index contributed by atoms with van der Waals surface area (Å²) in [6.45, 7) is 12.0. The minimum Gasteiger partial charge on any atom is -0.444 e. The molecule has 1 aliphatic rings. The minimum absolute atomic E-state index is 0.0436. The molecule has 180 valence electrons. The molecular formula is C23H34BN3O6. The second kappa shape index (κ2) is 9.27. The summed E-state index contributed by atoms with van der Waals surface area (Å²) >= 11 is 0. The first-order chi connectivity index (χ1) is 15.2. The molecule has 0 bridgehead atoms. The maximum absolute atomic E-state index is 12.7. The van der Waals surface area contributed by atoms with Crippen molar-refractivity contribution in [1.29, 1.82) is 0 Å². The number of nitrogens with one attached hydrogen (secondary N) is 1.